The number of nitrogen functional groups attached to an aromatic ring is 1. The first-order valence-corrected chi connectivity index (χ1v) is 7.65. The molecule has 0 unspecified atom stereocenters. The fourth-order valence-corrected chi connectivity index (χ4v) is 3.41. The molecule has 0 amide bonds. The van der Waals surface area contributed by atoms with Crippen LogP contribution in [0.1, 0.15) is 11.1 Å². The highest BCUT2D eigenvalue weighted by molar-refractivity contribution is 7.89. The van der Waals surface area contributed by atoms with Crippen molar-refractivity contribution in [2.75, 3.05) is 12.8 Å². The van der Waals surface area contributed by atoms with E-state index in [1.54, 1.807) is 24.1 Å². The van der Waals surface area contributed by atoms with Gasteiger partial charge in [0.1, 0.15) is 5.82 Å². The molecule has 0 spiro atoms. The van der Waals surface area contributed by atoms with Crippen molar-refractivity contribution < 1.29 is 12.8 Å². The van der Waals surface area contributed by atoms with Crippen molar-refractivity contribution in [2.45, 2.75) is 18.4 Å². The fourth-order valence-electron chi connectivity index (χ4n) is 2.01. The van der Waals surface area contributed by atoms with Gasteiger partial charge in [0.25, 0.3) is 0 Å². The van der Waals surface area contributed by atoms with Gasteiger partial charge < -0.3 is 5.73 Å². The number of aromatic nitrogens is 2. The van der Waals surface area contributed by atoms with Gasteiger partial charge in [0.15, 0.2) is 0 Å². The minimum absolute atomic E-state index is 0.00721. The van der Waals surface area contributed by atoms with Gasteiger partial charge in [-0.05, 0) is 24.6 Å². The quantitative estimate of drug-likeness (QED) is 0.862. The number of halogens is 1. The Balaban J connectivity index is 2.35. The number of benzene rings is 1. The highest BCUT2D eigenvalue weighted by atomic mass is 32.2. The molecule has 0 bridgehead atoms. The van der Waals surface area contributed by atoms with Crippen molar-refractivity contribution in [2.24, 2.45) is 7.05 Å². The lowest BCUT2D eigenvalue weighted by molar-refractivity contribution is 0.466. The molecule has 1 aromatic heterocycles. The number of hydrogen-bond acceptors (Lipinski definition) is 4. The molecule has 0 aliphatic rings. The molecular weight excluding hydrogens is 295 g/mol. The maximum Gasteiger partial charge on any atom is 0.243 e. The summed E-state index contributed by atoms with van der Waals surface area (Å²) in [6.45, 7) is 1.71. The molecule has 2 N–H and O–H groups in total. The van der Waals surface area contributed by atoms with Crippen molar-refractivity contribution in [1.82, 2.24) is 14.1 Å². The second-order valence-corrected chi connectivity index (χ2v) is 6.94. The molecule has 0 saturated carbocycles. The average molecular weight is 312 g/mol. The summed E-state index contributed by atoms with van der Waals surface area (Å²) < 4.78 is 41.2. The van der Waals surface area contributed by atoms with Gasteiger partial charge in [0, 0.05) is 32.4 Å². The third kappa shape index (κ3) is 3.06. The molecule has 8 heteroatoms. The molecule has 0 fully saturated rings. The number of rotatable bonds is 4. The van der Waals surface area contributed by atoms with Gasteiger partial charge in [0.2, 0.25) is 10.0 Å². The van der Waals surface area contributed by atoms with E-state index in [1.807, 2.05) is 0 Å². The van der Waals surface area contributed by atoms with Gasteiger partial charge in [-0.1, -0.05) is 0 Å². The second-order valence-electron chi connectivity index (χ2n) is 4.92. The van der Waals surface area contributed by atoms with Crippen LogP contribution in [0.3, 0.4) is 0 Å². The molecule has 1 heterocycles. The summed E-state index contributed by atoms with van der Waals surface area (Å²) in [5.74, 6) is -0.624. The maximum atomic E-state index is 13.4. The van der Waals surface area contributed by atoms with E-state index in [4.69, 9.17) is 5.73 Å². The molecule has 21 heavy (non-hydrogen) atoms. The van der Waals surface area contributed by atoms with Crippen LogP contribution in [0.15, 0.2) is 29.4 Å². The van der Waals surface area contributed by atoms with Crippen LogP contribution in [0.2, 0.25) is 0 Å². The first-order valence-electron chi connectivity index (χ1n) is 6.21. The zero-order valence-electron chi connectivity index (χ0n) is 12.0. The summed E-state index contributed by atoms with van der Waals surface area (Å²) in [5, 5.41) is 3.99. The summed E-state index contributed by atoms with van der Waals surface area (Å²) in [5.41, 5.74) is 6.36. The van der Waals surface area contributed by atoms with Gasteiger partial charge in [-0.3, -0.25) is 4.68 Å². The SMILES string of the molecule is Cc1cc(F)c(N)cc1S(=O)(=O)N(C)Cc1cnn(C)c1. The van der Waals surface area contributed by atoms with Crippen LogP contribution in [-0.4, -0.2) is 29.6 Å². The zero-order chi connectivity index (χ0) is 15.8. The van der Waals surface area contributed by atoms with Gasteiger partial charge in [-0.25, -0.2) is 12.8 Å². The van der Waals surface area contributed by atoms with Crippen molar-refractivity contribution in [1.29, 1.82) is 0 Å². The minimum atomic E-state index is -3.75. The van der Waals surface area contributed by atoms with Crippen LogP contribution in [0.25, 0.3) is 0 Å². The largest absolute Gasteiger partial charge is 0.396 e. The van der Waals surface area contributed by atoms with E-state index < -0.39 is 15.8 Å². The monoisotopic (exact) mass is 312 g/mol. The van der Waals surface area contributed by atoms with E-state index in [9.17, 15) is 12.8 Å². The van der Waals surface area contributed by atoms with Crippen LogP contribution in [0.5, 0.6) is 0 Å². The van der Waals surface area contributed by atoms with E-state index in [2.05, 4.69) is 5.10 Å². The summed E-state index contributed by atoms with van der Waals surface area (Å²) in [4.78, 5) is 0.00721. The fraction of sp³-hybridized carbons (Fsp3) is 0.308. The number of aryl methyl sites for hydroxylation is 2. The number of sulfonamides is 1. The zero-order valence-corrected chi connectivity index (χ0v) is 12.9. The lowest BCUT2D eigenvalue weighted by Gasteiger charge is -2.18. The molecule has 0 saturated heterocycles. The smallest absolute Gasteiger partial charge is 0.243 e. The highest BCUT2D eigenvalue weighted by Gasteiger charge is 2.24. The molecule has 0 aliphatic carbocycles. The summed E-state index contributed by atoms with van der Waals surface area (Å²) in [6, 6.07) is 2.28. The molecule has 2 aromatic rings. The molecule has 1 aromatic carbocycles. The first-order chi connectivity index (χ1) is 9.71. The Morgan fingerprint density at radius 3 is 2.67 bits per heavy atom. The first kappa shape index (κ1) is 15.5. The van der Waals surface area contributed by atoms with Crippen LogP contribution in [0.4, 0.5) is 10.1 Å². The Bertz CT molecular complexity index is 770. The van der Waals surface area contributed by atoms with Gasteiger partial charge >= 0.3 is 0 Å². The van der Waals surface area contributed by atoms with Crippen molar-refractivity contribution >= 4 is 15.7 Å². The van der Waals surface area contributed by atoms with Crippen LogP contribution < -0.4 is 5.73 Å². The molecule has 114 valence electrons. The normalized spacial score (nSPS) is 12.0. The van der Waals surface area contributed by atoms with E-state index >= 15 is 0 Å². The standard InChI is InChI=1S/C13H17FN4O2S/c1-9-4-11(14)12(15)5-13(9)21(19,20)18(3)8-10-6-16-17(2)7-10/h4-7H,8,15H2,1-3H3. The average Bonchev–Trinajstić information content (AvgIpc) is 2.79. The summed E-state index contributed by atoms with van der Waals surface area (Å²) in [6.07, 6.45) is 3.33. The molecule has 0 atom stereocenters. The predicted octanol–water partition coefficient (Wildman–Crippen LogP) is 1.27. The minimum Gasteiger partial charge on any atom is -0.396 e. The van der Waals surface area contributed by atoms with Gasteiger partial charge in [-0.2, -0.15) is 9.40 Å². The number of anilines is 1. The third-order valence-electron chi connectivity index (χ3n) is 3.15. The Morgan fingerprint density at radius 1 is 1.43 bits per heavy atom. The number of nitrogens with two attached hydrogens (primary N) is 1. The number of hydrogen-bond donors (Lipinski definition) is 1. The molecule has 0 radical (unpaired) electrons. The van der Waals surface area contributed by atoms with Crippen molar-refractivity contribution in [3.8, 4) is 0 Å². The van der Waals surface area contributed by atoms with Crippen LogP contribution in [-0.2, 0) is 23.6 Å². The predicted molar refractivity (Wildman–Crippen MR) is 77.4 cm³/mol. The summed E-state index contributed by atoms with van der Waals surface area (Å²) >= 11 is 0. The van der Waals surface area contributed by atoms with Gasteiger partial charge in [-0.15, -0.1) is 0 Å². The van der Waals surface area contributed by atoms with Crippen LogP contribution >= 0.6 is 0 Å². The van der Waals surface area contributed by atoms with Crippen LogP contribution in [0, 0.1) is 12.7 Å². The Morgan fingerprint density at radius 2 is 2.10 bits per heavy atom. The second kappa shape index (κ2) is 5.45. The maximum absolute atomic E-state index is 13.4. The highest BCUT2D eigenvalue weighted by Crippen LogP contribution is 2.24. The summed E-state index contributed by atoms with van der Waals surface area (Å²) in [7, 11) is -0.536. The van der Waals surface area contributed by atoms with E-state index in [0.717, 1.165) is 17.7 Å². The van der Waals surface area contributed by atoms with Gasteiger partial charge in [0.05, 0.1) is 16.8 Å². The van der Waals surface area contributed by atoms with Crippen molar-refractivity contribution in [3.63, 3.8) is 0 Å². The Labute approximate surface area is 123 Å². The topological polar surface area (TPSA) is 81.2 Å². The van der Waals surface area contributed by atoms with Crippen molar-refractivity contribution in [3.05, 3.63) is 41.5 Å². The third-order valence-corrected chi connectivity index (χ3v) is 5.09. The number of nitrogens with zero attached hydrogens (tertiary/aromatic N) is 3. The Hall–Kier alpha value is -1.93. The Kier molecular flexibility index (Phi) is 4.02. The van der Waals surface area contributed by atoms with E-state index in [0.29, 0.717) is 5.56 Å². The van der Waals surface area contributed by atoms with E-state index in [1.165, 1.54) is 18.3 Å². The van der Waals surface area contributed by atoms with E-state index in [-0.39, 0.29) is 17.1 Å². The molecular formula is C13H17FN4O2S. The lowest BCUT2D eigenvalue weighted by atomic mass is 10.2. The molecule has 6 nitrogen and oxygen atoms in total. The molecule has 2 rings (SSSR count). The molecule has 0 aliphatic heterocycles. The lowest BCUT2D eigenvalue weighted by Crippen LogP contribution is -2.27.